The van der Waals surface area contributed by atoms with Gasteiger partial charge in [0.25, 0.3) is 5.91 Å². The summed E-state index contributed by atoms with van der Waals surface area (Å²) in [5.74, 6) is -0.0897. The number of hydrogen-bond donors (Lipinski definition) is 1. The number of hydrogen-bond acceptors (Lipinski definition) is 6. The van der Waals surface area contributed by atoms with Crippen LogP contribution in [0.2, 0.25) is 5.02 Å². The zero-order valence-corrected chi connectivity index (χ0v) is 20.7. The first-order valence-electron chi connectivity index (χ1n) is 11.8. The summed E-state index contributed by atoms with van der Waals surface area (Å²) >= 11 is 6.35. The summed E-state index contributed by atoms with van der Waals surface area (Å²) in [5, 5.41) is 21.3. The number of piperazine rings is 1. The average Bonchev–Trinajstić information content (AvgIpc) is 3.68. The number of fused-ring (bicyclic) bond motifs is 1. The van der Waals surface area contributed by atoms with Crippen molar-refractivity contribution in [3.63, 3.8) is 0 Å². The Morgan fingerprint density at radius 2 is 1.83 bits per heavy atom. The molecule has 2 fully saturated rings. The summed E-state index contributed by atoms with van der Waals surface area (Å²) in [4.78, 5) is 23.8. The lowest BCUT2D eigenvalue weighted by Gasteiger charge is -2.39. The Balaban J connectivity index is 1.51. The fraction of sp³-hybridized carbons (Fsp3) is 0.370. The van der Waals surface area contributed by atoms with E-state index >= 15 is 0 Å². The van der Waals surface area contributed by atoms with Gasteiger partial charge in [0, 0.05) is 48.3 Å². The fourth-order valence-electron chi connectivity index (χ4n) is 4.84. The van der Waals surface area contributed by atoms with Crippen molar-refractivity contribution in [3.05, 3.63) is 64.8 Å². The van der Waals surface area contributed by atoms with Gasteiger partial charge in [-0.1, -0.05) is 35.9 Å². The van der Waals surface area contributed by atoms with E-state index in [1.807, 2.05) is 60.3 Å². The Morgan fingerprint density at radius 1 is 1.14 bits per heavy atom. The van der Waals surface area contributed by atoms with Gasteiger partial charge in [0.05, 0.1) is 22.6 Å². The second kappa shape index (κ2) is 9.21. The van der Waals surface area contributed by atoms with E-state index in [-0.39, 0.29) is 11.3 Å². The molecule has 1 aliphatic heterocycles. The average molecular weight is 490 g/mol. The highest BCUT2D eigenvalue weighted by atomic mass is 35.5. The first-order valence-corrected chi connectivity index (χ1v) is 12.2. The normalized spacial score (nSPS) is 18.5. The quantitative estimate of drug-likeness (QED) is 0.550. The highest BCUT2D eigenvalue weighted by Crippen LogP contribution is 2.48. The van der Waals surface area contributed by atoms with Crippen molar-refractivity contribution in [1.29, 1.82) is 5.26 Å². The van der Waals surface area contributed by atoms with Crippen LogP contribution >= 0.6 is 11.6 Å². The SMILES string of the molecule is CN(C)C(O)N1CCN(C(=O)c2cnc3ccc(Cl)cc3c2-c2ccc(C3(C#N)CC3)cc2)CC1. The van der Waals surface area contributed by atoms with Gasteiger partial charge >= 0.3 is 0 Å². The zero-order chi connectivity index (χ0) is 24.7. The standard InChI is InChI=1S/C27H28ClN5O2/c1-31(2)26(35)33-13-11-32(12-14-33)25(34)22-16-30-23-8-7-20(28)15-21(23)24(22)18-3-5-19(6-4-18)27(17-29)9-10-27/h3-8,15-16,26,35H,9-14H2,1-2H3. The van der Waals surface area contributed by atoms with Crippen molar-refractivity contribution in [1.82, 2.24) is 19.7 Å². The van der Waals surface area contributed by atoms with Crippen molar-refractivity contribution in [2.45, 2.75) is 24.6 Å². The molecule has 1 aromatic heterocycles. The van der Waals surface area contributed by atoms with E-state index in [0.29, 0.717) is 36.8 Å². The van der Waals surface area contributed by atoms with Gasteiger partial charge in [0.2, 0.25) is 0 Å². The van der Waals surface area contributed by atoms with Crippen molar-refractivity contribution in [2.24, 2.45) is 0 Å². The summed E-state index contributed by atoms with van der Waals surface area (Å²) in [6.45, 7) is 2.19. The van der Waals surface area contributed by atoms with Gasteiger partial charge in [-0.05, 0) is 56.3 Å². The number of carbonyl (C=O) groups excluding carboxylic acids is 1. The van der Waals surface area contributed by atoms with Crippen molar-refractivity contribution < 1.29 is 9.90 Å². The molecule has 1 saturated heterocycles. The number of carbonyl (C=O) groups is 1. The van der Waals surface area contributed by atoms with Crippen LogP contribution in [0, 0.1) is 11.3 Å². The Kier molecular flexibility index (Phi) is 6.24. The van der Waals surface area contributed by atoms with Crippen LogP contribution in [0.3, 0.4) is 0 Å². The van der Waals surface area contributed by atoms with Crippen molar-refractivity contribution >= 4 is 28.4 Å². The van der Waals surface area contributed by atoms with Crippen LogP contribution in [0.1, 0.15) is 28.8 Å². The monoisotopic (exact) mass is 489 g/mol. The molecule has 3 aromatic rings. The second-order valence-electron chi connectivity index (χ2n) is 9.62. The first-order chi connectivity index (χ1) is 16.8. The number of nitriles is 1. The third-order valence-electron chi connectivity index (χ3n) is 7.14. The number of aliphatic hydroxyl groups excluding tert-OH is 1. The molecule has 1 unspecified atom stereocenters. The molecule has 7 nitrogen and oxygen atoms in total. The molecule has 180 valence electrons. The fourth-order valence-corrected chi connectivity index (χ4v) is 5.01. The molecule has 1 N–H and O–H groups in total. The molecule has 2 aliphatic rings. The molecule has 35 heavy (non-hydrogen) atoms. The molecule has 1 atom stereocenters. The minimum absolute atomic E-state index is 0.0897. The first kappa shape index (κ1) is 23.7. The van der Waals surface area contributed by atoms with Gasteiger partial charge in [0.15, 0.2) is 6.35 Å². The van der Waals surface area contributed by atoms with Gasteiger partial charge < -0.3 is 10.0 Å². The van der Waals surface area contributed by atoms with E-state index in [1.165, 1.54) is 0 Å². The molecule has 0 bridgehead atoms. The molecule has 1 aliphatic carbocycles. The van der Waals surface area contributed by atoms with Crippen LogP contribution in [-0.2, 0) is 5.41 Å². The van der Waals surface area contributed by atoms with E-state index in [2.05, 4.69) is 11.1 Å². The third kappa shape index (κ3) is 4.39. The predicted molar refractivity (Wildman–Crippen MR) is 136 cm³/mol. The smallest absolute Gasteiger partial charge is 0.256 e. The van der Waals surface area contributed by atoms with E-state index in [1.54, 1.807) is 17.2 Å². The summed E-state index contributed by atoms with van der Waals surface area (Å²) in [6, 6.07) is 15.9. The number of aromatic nitrogens is 1. The molecule has 1 amide bonds. The maximum absolute atomic E-state index is 13.7. The summed E-state index contributed by atoms with van der Waals surface area (Å²) in [7, 11) is 3.65. The molecule has 0 spiro atoms. The maximum atomic E-state index is 13.7. The van der Waals surface area contributed by atoms with Crippen LogP contribution in [0.25, 0.3) is 22.0 Å². The number of halogens is 1. The van der Waals surface area contributed by atoms with Crippen LogP contribution in [0.15, 0.2) is 48.7 Å². The van der Waals surface area contributed by atoms with Gasteiger partial charge in [0.1, 0.15) is 0 Å². The number of pyridine rings is 1. The minimum atomic E-state index is -0.672. The Labute approximate surface area is 210 Å². The summed E-state index contributed by atoms with van der Waals surface area (Å²) < 4.78 is 0. The summed E-state index contributed by atoms with van der Waals surface area (Å²) in [5.41, 5.74) is 3.63. The lowest BCUT2D eigenvalue weighted by atomic mass is 9.91. The van der Waals surface area contributed by atoms with Crippen molar-refractivity contribution in [3.8, 4) is 17.2 Å². The number of benzene rings is 2. The molecular formula is C27H28ClN5O2. The zero-order valence-electron chi connectivity index (χ0n) is 19.9. The maximum Gasteiger partial charge on any atom is 0.256 e. The van der Waals surface area contributed by atoms with Gasteiger partial charge in [-0.2, -0.15) is 5.26 Å². The number of aliphatic hydroxyl groups is 1. The molecule has 1 saturated carbocycles. The molecular weight excluding hydrogens is 462 g/mol. The number of rotatable bonds is 5. The minimum Gasteiger partial charge on any atom is -0.365 e. The highest BCUT2D eigenvalue weighted by Gasteiger charge is 2.44. The van der Waals surface area contributed by atoms with Gasteiger partial charge in [-0.3, -0.25) is 19.6 Å². The second-order valence-corrected chi connectivity index (χ2v) is 10.1. The topological polar surface area (TPSA) is 83.7 Å². The molecule has 0 radical (unpaired) electrons. The largest absolute Gasteiger partial charge is 0.365 e. The predicted octanol–water partition coefficient (Wildman–Crippen LogP) is 3.71. The van der Waals surface area contributed by atoms with E-state index in [4.69, 9.17) is 11.6 Å². The van der Waals surface area contributed by atoms with Gasteiger partial charge in [-0.15, -0.1) is 0 Å². The molecule has 2 aromatic carbocycles. The lowest BCUT2D eigenvalue weighted by Crippen LogP contribution is -2.55. The van der Waals surface area contributed by atoms with Crippen molar-refractivity contribution in [2.75, 3.05) is 40.3 Å². The Hall–Kier alpha value is -3.02. The molecule has 2 heterocycles. The third-order valence-corrected chi connectivity index (χ3v) is 7.38. The van der Waals surface area contributed by atoms with Crippen LogP contribution < -0.4 is 0 Å². The molecule has 8 heteroatoms. The Morgan fingerprint density at radius 3 is 2.43 bits per heavy atom. The van der Waals surface area contributed by atoms with E-state index in [9.17, 15) is 15.2 Å². The van der Waals surface area contributed by atoms with E-state index in [0.717, 1.165) is 40.4 Å². The highest BCUT2D eigenvalue weighted by molar-refractivity contribution is 6.31. The molecule has 5 rings (SSSR count). The number of nitrogens with zero attached hydrogens (tertiary/aromatic N) is 5. The number of amides is 1. The summed E-state index contributed by atoms with van der Waals surface area (Å²) in [6.07, 6.45) is 2.75. The van der Waals surface area contributed by atoms with E-state index < -0.39 is 6.35 Å². The lowest BCUT2D eigenvalue weighted by molar-refractivity contribution is -0.102. The Bertz CT molecular complexity index is 1310. The van der Waals surface area contributed by atoms with Crippen LogP contribution in [-0.4, -0.2) is 77.3 Å². The van der Waals surface area contributed by atoms with Gasteiger partial charge in [-0.25, -0.2) is 0 Å². The van der Waals surface area contributed by atoms with Crippen LogP contribution in [0.5, 0.6) is 0 Å². The van der Waals surface area contributed by atoms with Crippen LogP contribution in [0.4, 0.5) is 0 Å².